The zero-order valence-electron chi connectivity index (χ0n) is 24.0. The molecule has 3 aromatic carbocycles. The lowest BCUT2D eigenvalue weighted by Crippen LogP contribution is -2.18. The van der Waals surface area contributed by atoms with Gasteiger partial charge in [-0.1, -0.05) is 62.4 Å². The summed E-state index contributed by atoms with van der Waals surface area (Å²) in [6.07, 6.45) is 0.497. The van der Waals surface area contributed by atoms with Crippen molar-refractivity contribution >= 4 is 11.6 Å². The molecule has 3 atom stereocenters. The third-order valence-electron chi connectivity index (χ3n) is 7.42. The van der Waals surface area contributed by atoms with Crippen molar-refractivity contribution in [2.75, 3.05) is 12.4 Å². The summed E-state index contributed by atoms with van der Waals surface area (Å²) in [5, 5.41) is 20.4. The molecule has 0 radical (unpaired) electrons. The van der Waals surface area contributed by atoms with E-state index in [-0.39, 0.29) is 29.9 Å². The van der Waals surface area contributed by atoms with Gasteiger partial charge in [0.15, 0.2) is 0 Å². The summed E-state index contributed by atoms with van der Waals surface area (Å²) in [5.41, 5.74) is 5.67. The lowest BCUT2D eigenvalue weighted by Gasteiger charge is -2.19. The molecule has 2 heterocycles. The number of para-hydroxylation sites is 1. The summed E-state index contributed by atoms with van der Waals surface area (Å²) in [6.45, 7) is 6.66. The van der Waals surface area contributed by atoms with Crippen LogP contribution >= 0.6 is 0 Å². The zero-order chi connectivity index (χ0) is 29.5. The van der Waals surface area contributed by atoms with E-state index in [1.165, 1.54) is 12.1 Å². The molecule has 1 aromatic heterocycles. The third kappa shape index (κ3) is 6.76. The normalized spacial score (nSPS) is 18.2. The molecule has 1 aliphatic heterocycles. The van der Waals surface area contributed by atoms with E-state index >= 15 is 0 Å². The average Bonchev–Trinajstić information content (AvgIpc) is 3.50. The van der Waals surface area contributed by atoms with Crippen molar-refractivity contribution in [3.05, 3.63) is 102 Å². The highest BCUT2D eigenvalue weighted by molar-refractivity contribution is 6.12. The van der Waals surface area contributed by atoms with Crippen molar-refractivity contribution in [1.29, 1.82) is 0 Å². The van der Waals surface area contributed by atoms with Crippen LogP contribution in [0.3, 0.4) is 0 Å². The third-order valence-corrected chi connectivity index (χ3v) is 7.42. The van der Waals surface area contributed by atoms with Crippen molar-refractivity contribution < 1.29 is 24.1 Å². The molecule has 1 amide bonds. The van der Waals surface area contributed by atoms with Crippen LogP contribution in [-0.4, -0.2) is 46.1 Å². The number of amides is 1. The molecule has 6 nitrogen and oxygen atoms in total. The molecule has 1 saturated heterocycles. The average molecular weight is 559 g/mol. The quantitative estimate of drug-likeness (QED) is 0.220. The molecule has 3 N–H and O–H groups in total. The number of nitrogens with one attached hydrogen (secondary N) is 1. The van der Waals surface area contributed by atoms with Gasteiger partial charge in [-0.3, -0.25) is 4.79 Å². The van der Waals surface area contributed by atoms with Gasteiger partial charge in [0.05, 0.1) is 29.6 Å². The van der Waals surface area contributed by atoms with E-state index in [0.29, 0.717) is 24.9 Å². The number of aliphatic hydroxyl groups excluding tert-OH is 2. The number of halogens is 1. The Morgan fingerprint density at radius 2 is 1.59 bits per heavy atom. The Bertz CT molecular complexity index is 1410. The highest BCUT2D eigenvalue weighted by atomic mass is 19.1. The largest absolute Gasteiger partial charge is 0.400 e. The Hall–Kier alpha value is -3.78. The molecule has 1 aliphatic rings. The second kappa shape index (κ2) is 13.7. The minimum absolute atomic E-state index is 0.0206. The standard InChI is InChI=1S/C33H35FN2O3.CH4O/c1-21(2)31-30(33(38)35-26-12-8-5-9-13-26)29(23-10-6-4-7-11-23)32(24-14-16-25(34)17-15-24)36(31)19-18-27-20-28(37)22(3)39-27;1-2/h4-17,21-22,27-28,37H,18-20H2,1-3H3,(H,35,38);2H,1H3/t22?,27?,28-;/m1./s1. The number of anilines is 1. The molecule has 5 rings (SSSR count). The van der Waals surface area contributed by atoms with Crippen LogP contribution in [0.15, 0.2) is 84.9 Å². The predicted octanol–water partition coefficient (Wildman–Crippen LogP) is 6.87. The molecule has 0 saturated carbocycles. The van der Waals surface area contributed by atoms with Gasteiger partial charge in [0.25, 0.3) is 5.91 Å². The van der Waals surface area contributed by atoms with E-state index in [4.69, 9.17) is 9.84 Å². The Morgan fingerprint density at radius 1 is 0.976 bits per heavy atom. The summed E-state index contributed by atoms with van der Waals surface area (Å²) in [4.78, 5) is 14.1. The minimum Gasteiger partial charge on any atom is -0.400 e. The van der Waals surface area contributed by atoms with Gasteiger partial charge in [-0.25, -0.2) is 4.39 Å². The number of ether oxygens (including phenoxy) is 1. The van der Waals surface area contributed by atoms with Crippen LogP contribution in [0.5, 0.6) is 0 Å². The van der Waals surface area contributed by atoms with Gasteiger partial charge in [0.2, 0.25) is 0 Å². The summed E-state index contributed by atoms with van der Waals surface area (Å²) >= 11 is 0. The number of benzene rings is 3. The first kappa shape index (κ1) is 30.2. The van der Waals surface area contributed by atoms with Gasteiger partial charge in [-0.2, -0.15) is 0 Å². The van der Waals surface area contributed by atoms with Crippen molar-refractivity contribution in [2.24, 2.45) is 0 Å². The first-order valence-corrected chi connectivity index (χ1v) is 14.1. The molecular formula is C34H39FN2O4. The van der Waals surface area contributed by atoms with Gasteiger partial charge in [-0.15, -0.1) is 0 Å². The highest BCUT2D eigenvalue weighted by Gasteiger charge is 2.33. The maximum absolute atomic E-state index is 14.1. The first-order valence-electron chi connectivity index (χ1n) is 14.1. The maximum Gasteiger partial charge on any atom is 0.258 e. The number of hydrogen-bond donors (Lipinski definition) is 3. The van der Waals surface area contributed by atoms with E-state index < -0.39 is 6.10 Å². The van der Waals surface area contributed by atoms with Crippen LogP contribution in [0.4, 0.5) is 10.1 Å². The highest BCUT2D eigenvalue weighted by Crippen LogP contribution is 2.43. The molecule has 7 heteroatoms. The summed E-state index contributed by atoms with van der Waals surface area (Å²) < 4.78 is 22.2. The van der Waals surface area contributed by atoms with Crippen LogP contribution < -0.4 is 5.32 Å². The Labute approximate surface area is 241 Å². The van der Waals surface area contributed by atoms with E-state index in [0.717, 1.165) is 40.9 Å². The van der Waals surface area contributed by atoms with Gasteiger partial charge >= 0.3 is 0 Å². The molecule has 2 unspecified atom stereocenters. The molecule has 4 aromatic rings. The van der Waals surface area contributed by atoms with Crippen LogP contribution in [0, 0.1) is 5.82 Å². The lowest BCUT2D eigenvalue weighted by molar-refractivity contribution is 0.0181. The second-order valence-corrected chi connectivity index (χ2v) is 10.5. The first-order chi connectivity index (χ1) is 19.8. The van der Waals surface area contributed by atoms with Crippen molar-refractivity contribution in [3.8, 4) is 22.4 Å². The van der Waals surface area contributed by atoms with Crippen LogP contribution in [-0.2, 0) is 11.3 Å². The van der Waals surface area contributed by atoms with Crippen LogP contribution in [0.25, 0.3) is 22.4 Å². The molecule has 0 bridgehead atoms. The number of carbonyl (C=O) groups excluding carboxylic acids is 1. The number of hydrogen-bond acceptors (Lipinski definition) is 4. The van der Waals surface area contributed by atoms with E-state index in [9.17, 15) is 14.3 Å². The Balaban J connectivity index is 0.00000189. The van der Waals surface area contributed by atoms with E-state index in [1.54, 1.807) is 12.1 Å². The SMILES string of the molecule is CC(C)c1c(C(=O)Nc2ccccc2)c(-c2ccccc2)c(-c2ccc(F)cc2)n1CCC1C[C@@H](O)C(C)O1.CO. The van der Waals surface area contributed by atoms with Gasteiger partial charge in [-0.05, 0) is 66.8 Å². The monoisotopic (exact) mass is 558 g/mol. The minimum atomic E-state index is -0.479. The Kier molecular flexibility index (Phi) is 10.1. The smallest absolute Gasteiger partial charge is 0.258 e. The topological polar surface area (TPSA) is 83.7 Å². The number of aromatic nitrogens is 1. The number of aliphatic hydroxyl groups is 2. The van der Waals surface area contributed by atoms with Crippen molar-refractivity contribution in [3.63, 3.8) is 0 Å². The fraction of sp³-hybridized carbons (Fsp3) is 0.324. The van der Waals surface area contributed by atoms with E-state index in [1.807, 2.05) is 67.6 Å². The fourth-order valence-electron chi connectivity index (χ4n) is 5.58. The number of nitrogens with zero attached hydrogens (tertiary/aromatic N) is 1. The molecule has 0 aliphatic carbocycles. The number of rotatable bonds is 8. The molecule has 41 heavy (non-hydrogen) atoms. The summed E-state index contributed by atoms with van der Waals surface area (Å²) in [6, 6.07) is 25.8. The van der Waals surface area contributed by atoms with Gasteiger partial charge in [0, 0.05) is 37.0 Å². The van der Waals surface area contributed by atoms with Crippen molar-refractivity contribution in [1.82, 2.24) is 4.57 Å². The lowest BCUT2D eigenvalue weighted by atomic mass is 9.94. The molecule has 0 spiro atoms. The van der Waals surface area contributed by atoms with Crippen molar-refractivity contribution in [2.45, 2.75) is 64.4 Å². The summed E-state index contributed by atoms with van der Waals surface area (Å²) in [5.74, 6) is -0.481. The fourth-order valence-corrected chi connectivity index (χ4v) is 5.58. The van der Waals surface area contributed by atoms with Crippen LogP contribution in [0.1, 0.15) is 55.6 Å². The number of carbonyl (C=O) groups is 1. The molecular weight excluding hydrogens is 519 g/mol. The summed E-state index contributed by atoms with van der Waals surface area (Å²) in [7, 11) is 1.00. The maximum atomic E-state index is 14.1. The second-order valence-electron chi connectivity index (χ2n) is 10.5. The van der Waals surface area contributed by atoms with E-state index in [2.05, 4.69) is 23.7 Å². The van der Waals surface area contributed by atoms with Gasteiger partial charge < -0.3 is 24.8 Å². The van der Waals surface area contributed by atoms with Gasteiger partial charge in [0.1, 0.15) is 5.82 Å². The molecule has 1 fully saturated rings. The van der Waals surface area contributed by atoms with Crippen LogP contribution in [0.2, 0.25) is 0 Å². The Morgan fingerprint density at radius 3 is 2.15 bits per heavy atom. The predicted molar refractivity (Wildman–Crippen MR) is 161 cm³/mol. The molecule has 216 valence electrons. The zero-order valence-corrected chi connectivity index (χ0v) is 24.0.